The van der Waals surface area contributed by atoms with Gasteiger partial charge >= 0.3 is 0 Å². The van der Waals surface area contributed by atoms with E-state index in [1.807, 2.05) is 27.7 Å². The minimum absolute atomic E-state index is 0.261. The lowest BCUT2D eigenvalue weighted by atomic mass is 10.0. The molecule has 0 aliphatic heterocycles. The number of rotatable bonds is 3. The number of aromatic nitrogens is 4. The first-order valence-electron chi connectivity index (χ1n) is 6.74. The topological polar surface area (TPSA) is 104 Å². The molecule has 0 fully saturated rings. The van der Waals surface area contributed by atoms with Crippen LogP contribution in [-0.2, 0) is 12.8 Å². The van der Waals surface area contributed by atoms with Gasteiger partial charge in [-0.05, 0) is 37.8 Å². The molecule has 0 aromatic carbocycles. The van der Waals surface area contributed by atoms with E-state index in [-0.39, 0.29) is 11.9 Å². The van der Waals surface area contributed by atoms with E-state index in [4.69, 9.17) is 11.5 Å². The summed E-state index contributed by atoms with van der Waals surface area (Å²) in [6.45, 7) is 8.04. The Morgan fingerprint density at radius 2 is 1.05 bits per heavy atom. The van der Waals surface area contributed by atoms with Crippen LogP contribution >= 0.6 is 0 Å². The average molecular weight is 272 g/mol. The first-order valence-corrected chi connectivity index (χ1v) is 6.74. The Morgan fingerprint density at radius 1 is 0.700 bits per heavy atom. The third kappa shape index (κ3) is 2.41. The second-order valence-corrected chi connectivity index (χ2v) is 4.71. The molecule has 2 aromatic rings. The summed E-state index contributed by atoms with van der Waals surface area (Å²) in [6, 6.07) is 0. The van der Waals surface area contributed by atoms with Crippen LogP contribution in [0.1, 0.15) is 36.4 Å². The Labute approximate surface area is 118 Å². The second-order valence-electron chi connectivity index (χ2n) is 4.71. The van der Waals surface area contributed by atoms with Crippen molar-refractivity contribution < 1.29 is 0 Å². The largest absolute Gasteiger partial charge is 0.368 e. The average Bonchev–Trinajstić information content (AvgIpc) is 2.43. The SMILES string of the molecule is CCc1nc(N)nc(-c2nc(N)nc(CC)c2C)c1C. The molecule has 0 unspecified atom stereocenters. The van der Waals surface area contributed by atoms with E-state index < -0.39 is 0 Å². The van der Waals surface area contributed by atoms with Crippen LogP contribution in [0.3, 0.4) is 0 Å². The quantitative estimate of drug-likeness (QED) is 0.883. The summed E-state index contributed by atoms with van der Waals surface area (Å²) in [6.07, 6.45) is 1.59. The van der Waals surface area contributed by atoms with Crippen LogP contribution in [0, 0.1) is 13.8 Å². The zero-order chi connectivity index (χ0) is 14.9. The highest BCUT2D eigenvalue weighted by Gasteiger charge is 2.16. The second kappa shape index (κ2) is 5.40. The van der Waals surface area contributed by atoms with Crippen LogP contribution in [-0.4, -0.2) is 19.9 Å². The Kier molecular flexibility index (Phi) is 3.83. The lowest BCUT2D eigenvalue weighted by Gasteiger charge is -2.13. The summed E-state index contributed by atoms with van der Waals surface area (Å²) in [5, 5.41) is 0. The lowest BCUT2D eigenvalue weighted by molar-refractivity contribution is 0.958. The summed E-state index contributed by atoms with van der Waals surface area (Å²) in [5.74, 6) is 0.522. The molecule has 0 spiro atoms. The standard InChI is InChI=1S/C14H20N6/c1-5-9-7(3)11(19-13(15)17-9)12-8(4)10(6-2)18-14(16)20-12/h5-6H2,1-4H3,(H2,15,17,19)(H2,16,18,20). The Bertz CT molecular complexity index is 593. The molecule has 4 N–H and O–H groups in total. The van der Waals surface area contributed by atoms with Crippen LogP contribution in [0.2, 0.25) is 0 Å². The Balaban J connectivity index is 2.74. The molecule has 106 valence electrons. The maximum atomic E-state index is 5.80. The number of nitrogen functional groups attached to an aromatic ring is 2. The summed E-state index contributed by atoms with van der Waals surface area (Å²) in [7, 11) is 0. The van der Waals surface area contributed by atoms with Gasteiger partial charge in [0.15, 0.2) is 0 Å². The van der Waals surface area contributed by atoms with Crippen molar-refractivity contribution in [3.63, 3.8) is 0 Å². The summed E-state index contributed by atoms with van der Waals surface area (Å²) in [5.41, 5.74) is 16.9. The zero-order valence-electron chi connectivity index (χ0n) is 12.4. The van der Waals surface area contributed by atoms with Gasteiger partial charge in [0.25, 0.3) is 0 Å². The molecule has 20 heavy (non-hydrogen) atoms. The fraction of sp³-hybridized carbons (Fsp3) is 0.429. The highest BCUT2D eigenvalue weighted by atomic mass is 15.0. The predicted octanol–water partition coefficient (Wildman–Crippen LogP) is 1.84. The van der Waals surface area contributed by atoms with Gasteiger partial charge in [-0.25, -0.2) is 19.9 Å². The molecule has 6 nitrogen and oxygen atoms in total. The number of hydrogen-bond donors (Lipinski definition) is 2. The molecule has 2 heterocycles. The number of hydrogen-bond acceptors (Lipinski definition) is 6. The molecule has 2 aromatic heterocycles. The molecule has 0 amide bonds. The van der Waals surface area contributed by atoms with E-state index in [0.717, 1.165) is 46.7 Å². The van der Waals surface area contributed by atoms with Gasteiger partial charge in [0, 0.05) is 11.4 Å². The Morgan fingerprint density at radius 3 is 1.35 bits per heavy atom. The van der Waals surface area contributed by atoms with Gasteiger partial charge in [0.1, 0.15) is 0 Å². The van der Waals surface area contributed by atoms with Gasteiger partial charge in [-0.15, -0.1) is 0 Å². The lowest BCUT2D eigenvalue weighted by Crippen LogP contribution is -2.09. The van der Waals surface area contributed by atoms with Crippen LogP contribution in [0.5, 0.6) is 0 Å². The molecular formula is C14H20N6. The van der Waals surface area contributed by atoms with Crippen molar-refractivity contribution in [2.24, 2.45) is 0 Å². The van der Waals surface area contributed by atoms with E-state index in [1.165, 1.54) is 0 Å². The van der Waals surface area contributed by atoms with Crippen molar-refractivity contribution >= 4 is 11.9 Å². The van der Waals surface area contributed by atoms with Gasteiger partial charge in [-0.2, -0.15) is 0 Å². The molecule has 6 heteroatoms. The molecule has 2 rings (SSSR count). The summed E-state index contributed by atoms with van der Waals surface area (Å²) >= 11 is 0. The molecule has 0 saturated heterocycles. The molecule has 0 aliphatic rings. The Hall–Kier alpha value is -2.24. The third-order valence-corrected chi connectivity index (χ3v) is 3.42. The van der Waals surface area contributed by atoms with Crippen LogP contribution in [0.15, 0.2) is 0 Å². The van der Waals surface area contributed by atoms with Gasteiger partial charge < -0.3 is 11.5 Å². The highest BCUT2D eigenvalue weighted by Crippen LogP contribution is 2.27. The zero-order valence-corrected chi connectivity index (χ0v) is 12.4. The predicted molar refractivity (Wildman–Crippen MR) is 80.1 cm³/mol. The molecule has 0 bridgehead atoms. The van der Waals surface area contributed by atoms with Gasteiger partial charge in [-0.3, -0.25) is 0 Å². The molecule has 0 saturated carbocycles. The van der Waals surface area contributed by atoms with Crippen LogP contribution in [0.25, 0.3) is 11.4 Å². The van der Waals surface area contributed by atoms with Crippen molar-refractivity contribution in [3.8, 4) is 11.4 Å². The van der Waals surface area contributed by atoms with Crippen molar-refractivity contribution in [2.75, 3.05) is 11.5 Å². The molecule has 0 atom stereocenters. The first kappa shape index (κ1) is 14.2. The van der Waals surface area contributed by atoms with Gasteiger partial charge in [0.05, 0.1) is 11.4 Å². The normalized spacial score (nSPS) is 10.8. The molecule has 0 aliphatic carbocycles. The van der Waals surface area contributed by atoms with E-state index in [1.54, 1.807) is 0 Å². The number of nitrogens with two attached hydrogens (primary N) is 2. The highest BCUT2D eigenvalue weighted by molar-refractivity contribution is 5.66. The number of nitrogens with zero attached hydrogens (tertiary/aromatic N) is 4. The van der Waals surface area contributed by atoms with Gasteiger partial charge in [0.2, 0.25) is 11.9 Å². The van der Waals surface area contributed by atoms with E-state index in [9.17, 15) is 0 Å². The summed E-state index contributed by atoms with van der Waals surface area (Å²) in [4.78, 5) is 17.2. The van der Waals surface area contributed by atoms with Gasteiger partial charge in [-0.1, -0.05) is 13.8 Å². The van der Waals surface area contributed by atoms with E-state index >= 15 is 0 Å². The fourth-order valence-electron chi connectivity index (χ4n) is 2.31. The minimum atomic E-state index is 0.261. The molecule has 0 radical (unpaired) electrons. The first-order chi connectivity index (χ1) is 9.47. The van der Waals surface area contributed by atoms with Crippen molar-refractivity contribution in [2.45, 2.75) is 40.5 Å². The van der Waals surface area contributed by atoms with E-state index in [0.29, 0.717) is 0 Å². The van der Waals surface area contributed by atoms with Crippen LogP contribution < -0.4 is 11.5 Å². The van der Waals surface area contributed by atoms with Crippen molar-refractivity contribution in [1.29, 1.82) is 0 Å². The fourth-order valence-corrected chi connectivity index (χ4v) is 2.31. The number of anilines is 2. The number of aryl methyl sites for hydroxylation is 2. The smallest absolute Gasteiger partial charge is 0.220 e. The minimum Gasteiger partial charge on any atom is -0.368 e. The monoisotopic (exact) mass is 272 g/mol. The maximum Gasteiger partial charge on any atom is 0.220 e. The summed E-state index contributed by atoms with van der Waals surface area (Å²) < 4.78 is 0. The van der Waals surface area contributed by atoms with Crippen molar-refractivity contribution in [3.05, 3.63) is 22.5 Å². The van der Waals surface area contributed by atoms with Crippen molar-refractivity contribution in [1.82, 2.24) is 19.9 Å². The van der Waals surface area contributed by atoms with Crippen LogP contribution in [0.4, 0.5) is 11.9 Å². The maximum absolute atomic E-state index is 5.80. The third-order valence-electron chi connectivity index (χ3n) is 3.42. The van der Waals surface area contributed by atoms with E-state index in [2.05, 4.69) is 19.9 Å². The molecular weight excluding hydrogens is 252 g/mol.